The molecule has 0 spiro atoms. The Kier molecular flexibility index (Phi) is 64.9. The van der Waals surface area contributed by atoms with E-state index in [0.717, 1.165) is 44.9 Å². The molecule has 0 aromatic heterocycles. The zero-order valence-electron chi connectivity index (χ0n) is 51.8. The second-order valence-corrected chi connectivity index (χ2v) is 24.2. The molecule has 1 amide bonds. The molecule has 3 N–H and O–H groups in total. The van der Waals surface area contributed by atoms with Crippen molar-refractivity contribution in [1.82, 2.24) is 5.32 Å². The Morgan fingerprint density at radius 3 is 0.934 bits per heavy atom. The fourth-order valence-corrected chi connectivity index (χ4v) is 11.2. The summed E-state index contributed by atoms with van der Waals surface area (Å²) in [5, 5.41) is 23.4. The van der Waals surface area contributed by atoms with Gasteiger partial charge in [-0.1, -0.05) is 347 Å². The van der Waals surface area contributed by atoms with Gasteiger partial charge in [0, 0.05) is 12.8 Å². The molecule has 2 atom stereocenters. The largest absolute Gasteiger partial charge is 0.466 e. The number of ether oxygens (including phenoxy) is 1. The van der Waals surface area contributed by atoms with Crippen molar-refractivity contribution < 1.29 is 24.5 Å². The Hall–Kier alpha value is -1.40. The van der Waals surface area contributed by atoms with Gasteiger partial charge in [-0.3, -0.25) is 9.59 Å². The van der Waals surface area contributed by atoms with Crippen LogP contribution in [0.2, 0.25) is 0 Å². The number of hydrogen-bond donors (Lipinski definition) is 3. The molecule has 6 nitrogen and oxygen atoms in total. The van der Waals surface area contributed by atoms with Crippen LogP contribution in [0.3, 0.4) is 0 Å². The summed E-state index contributed by atoms with van der Waals surface area (Å²) in [7, 11) is 0. The first-order valence-corrected chi connectivity index (χ1v) is 34.9. The van der Waals surface area contributed by atoms with E-state index in [1.807, 2.05) is 0 Å². The van der Waals surface area contributed by atoms with Gasteiger partial charge in [-0.2, -0.15) is 0 Å². The molecule has 0 aliphatic carbocycles. The first-order chi connectivity index (χ1) is 37.5. The molecule has 0 aliphatic rings. The number of nitrogens with one attached hydrogen (secondary N) is 1. The van der Waals surface area contributed by atoms with Crippen molar-refractivity contribution in [1.29, 1.82) is 0 Å². The van der Waals surface area contributed by atoms with E-state index in [1.165, 1.54) is 321 Å². The minimum absolute atomic E-state index is 0.00343. The van der Waals surface area contributed by atoms with Gasteiger partial charge >= 0.3 is 5.97 Å². The second kappa shape index (κ2) is 66.1. The molecule has 0 rings (SSSR count). The number of unbranched alkanes of at least 4 members (excludes halogenated alkanes) is 53. The normalized spacial score (nSPS) is 12.5. The molecule has 0 heterocycles. The van der Waals surface area contributed by atoms with Crippen LogP contribution in [0.25, 0.3) is 0 Å². The third kappa shape index (κ3) is 61.8. The number of amides is 1. The van der Waals surface area contributed by atoms with Crippen molar-refractivity contribution in [3.8, 4) is 0 Å². The van der Waals surface area contributed by atoms with Crippen LogP contribution in [-0.2, 0) is 14.3 Å². The van der Waals surface area contributed by atoms with Crippen LogP contribution in [0.5, 0.6) is 0 Å². The number of carbonyl (C=O) groups excluding carboxylic acids is 2. The van der Waals surface area contributed by atoms with Gasteiger partial charge in [0.2, 0.25) is 5.91 Å². The molecular weight excluding hydrogens is 935 g/mol. The minimum atomic E-state index is -0.667. The summed E-state index contributed by atoms with van der Waals surface area (Å²) >= 11 is 0. The minimum Gasteiger partial charge on any atom is -0.466 e. The molecule has 76 heavy (non-hydrogen) atoms. The average molecular weight is 1070 g/mol. The highest BCUT2D eigenvalue weighted by Crippen LogP contribution is 2.19. The van der Waals surface area contributed by atoms with Crippen molar-refractivity contribution in [2.75, 3.05) is 13.2 Å². The number of rotatable bonds is 66. The maximum atomic E-state index is 12.6. The molecule has 0 aromatic rings. The quantitative estimate of drug-likeness (QED) is 0.0320. The Morgan fingerprint density at radius 1 is 0.355 bits per heavy atom. The van der Waals surface area contributed by atoms with Crippen molar-refractivity contribution >= 4 is 11.9 Å². The first kappa shape index (κ1) is 74.6. The van der Waals surface area contributed by atoms with Gasteiger partial charge < -0.3 is 20.3 Å². The van der Waals surface area contributed by atoms with Gasteiger partial charge in [-0.15, -0.1) is 0 Å². The van der Waals surface area contributed by atoms with E-state index in [-0.39, 0.29) is 18.5 Å². The standard InChI is InChI=1S/C70H137NO5/c1-3-5-7-9-11-13-15-17-19-20-21-22-23-24-25-26-29-32-35-38-42-46-50-54-58-62-68(73)67(66-72)71-69(74)63-59-55-51-47-43-39-36-33-30-27-28-31-34-37-41-45-49-53-57-61-65-76-70(75)64-60-56-52-48-44-40-18-16-14-12-10-8-6-4-2/h16,18,67-68,72-73H,3-15,17,19-66H2,1-2H3,(H,71,74)/b18-16-. The van der Waals surface area contributed by atoms with Crippen LogP contribution in [-0.4, -0.2) is 47.4 Å². The third-order valence-electron chi connectivity index (χ3n) is 16.6. The first-order valence-electron chi connectivity index (χ1n) is 34.9. The molecule has 0 radical (unpaired) electrons. The van der Waals surface area contributed by atoms with Crippen molar-refractivity contribution in [2.45, 2.75) is 411 Å². The van der Waals surface area contributed by atoms with Gasteiger partial charge in [0.25, 0.3) is 0 Å². The zero-order chi connectivity index (χ0) is 55.0. The lowest BCUT2D eigenvalue weighted by Crippen LogP contribution is -2.45. The highest BCUT2D eigenvalue weighted by Gasteiger charge is 2.20. The molecule has 452 valence electrons. The summed E-state index contributed by atoms with van der Waals surface area (Å²) in [6.07, 6.45) is 81.1. The topological polar surface area (TPSA) is 95.9 Å². The lowest BCUT2D eigenvalue weighted by atomic mass is 10.0. The van der Waals surface area contributed by atoms with E-state index in [4.69, 9.17) is 4.74 Å². The molecule has 0 aliphatic heterocycles. The molecular formula is C70H137NO5. The van der Waals surface area contributed by atoms with E-state index in [0.29, 0.717) is 25.9 Å². The summed E-state index contributed by atoms with van der Waals surface area (Å²) in [4.78, 5) is 24.6. The van der Waals surface area contributed by atoms with Gasteiger partial charge in [-0.25, -0.2) is 0 Å². The van der Waals surface area contributed by atoms with Crippen LogP contribution in [0.4, 0.5) is 0 Å². The number of aliphatic hydroxyl groups excluding tert-OH is 2. The SMILES string of the molecule is CCCCCCC/C=C\CCCCCCCC(=O)OCCCCCCCCCCCCCCCCCCCCCCC(=O)NC(CO)C(O)CCCCCCCCCCCCCCCCCCCCCCCCCCC. The lowest BCUT2D eigenvalue weighted by molar-refractivity contribution is -0.143. The summed E-state index contributed by atoms with van der Waals surface area (Å²) in [6, 6.07) is -0.544. The smallest absolute Gasteiger partial charge is 0.305 e. The number of aliphatic hydroxyl groups is 2. The highest BCUT2D eigenvalue weighted by atomic mass is 16.5. The number of allylic oxidation sites excluding steroid dienone is 2. The average Bonchev–Trinajstić information content (AvgIpc) is 3.42. The Morgan fingerprint density at radius 2 is 0.618 bits per heavy atom. The maximum absolute atomic E-state index is 12.6. The molecule has 0 bridgehead atoms. The van der Waals surface area contributed by atoms with E-state index in [9.17, 15) is 19.8 Å². The summed E-state index contributed by atoms with van der Waals surface area (Å²) < 4.78 is 5.48. The summed E-state index contributed by atoms with van der Waals surface area (Å²) in [5.74, 6) is -0.0282. The van der Waals surface area contributed by atoms with E-state index >= 15 is 0 Å². The van der Waals surface area contributed by atoms with Crippen molar-refractivity contribution in [3.63, 3.8) is 0 Å². The predicted molar refractivity (Wildman–Crippen MR) is 333 cm³/mol. The Bertz CT molecular complexity index is 1140. The predicted octanol–water partition coefficient (Wildman–Crippen LogP) is 22.4. The summed E-state index contributed by atoms with van der Waals surface area (Å²) in [5.41, 5.74) is 0. The van der Waals surface area contributed by atoms with Crippen LogP contribution in [0, 0.1) is 0 Å². The molecule has 0 saturated heterocycles. The molecule has 0 fully saturated rings. The van der Waals surface area contributed by atoms with E-state index in [1.54, 1.807) is 0 Å². The number of hydrogen-bond acceptors (Lipinski definition) is 5. The fourth-order valence-electron chi connectivity index (χ4n) is 11.2. The third-order valence-corrected chi connectivity index (χ3v) is 16.6. The van der Waals surface area contributed by atoms with Crippen LogP contribution in [0.1, 0.15) is 399 Å². The molecule has 0 saturated carbocycles. The fraction of sp³-hybridized carbons (Fsp3) is 0.943. The van der Waals surface area contributed by atoms with Crippen LogP contribution < -0.4 is 5.32 Å². The molecule has 0 aromatic carbocycles. The highest BCUT2D eigenvalue weighted by molar-refractivity contribution is 5.76. The van der Waals surface area contributed by atoms with Gasteiger partial charge in [0.05, 0.1) is 25.4 Å². The van der Waals surface area contributed by atoms with Crippen LogP contribution >= 0.6 is 0 Å². The van der Waals surface area contributed by atoms with E-state index < -0.39 is 12.1 Å². The molecule has 6 heteroatoms. The van der Waals surface area contributed by atoms with Gasteiger partial charge in [-0.05, 0) is 51.4 Å². The van der Waals surface area contributed by atoms with Crippen LogP contribution in [0.15, 0.2) is 12.2 Å². The number of esters is 1. The molecule has 2 unspecified atom stereocenters. The van der Waals surface area contributed by atoms with Crippen molar-refractivity contribution in [2.24, 2.45) is 0 Å². The summed E-state index contributed by atoms with van der Waals surface area (Å²) in [6.45, 7) is 4.98. The Balaban J connectivity index is 3.39. The second-order valence-electron chi connectivity index (χ2n) is 24.2. The van der Waals surface area contributed by atoms with Gasteiger partial charge in [0.15, 0.2) is 0 Å². The Labute approximate surface area is 476 Å². The van der Waals surface area contributed by atoms with E-state index in [2.05, 4.69) is 31.3 Å². The number of carbonyl (C=O) groups is 2. The monoisotopic (exact) mass is 1070 g/mol. The maximum Gasteiger partial charge on any atom is 0.305 e. The zero-order valence-corrected chi connectivity index (χ0v) is 51.8. The lowest BCUT2D eigenvalue weighted by Gasteiger charge is -2.22. The van der Waals surface area contributed by atoms with Crippen molar-refractivity contribution in [3.05, 3.63) is 12.2 Å². The van der Waals surface area contributed by atoms with Gasteiger partial charge in [0.1, 0.15) is 0 Å².